The largest absolute Gasteiger partial charge is 0.361 e. The third-order valence-electron chi connectivity index (χ3n) is 3.48. The standard InChI is InChI=1S/C13H14N2O/c1-7-3-4-9-11-8(6-15-12(7)11)5-10(14-2)13(9)16/h3-4,6,10,14-15H,5H2,1-2H3/t10-/m0/s1. The van der Waals surface area contributed by atoms with Gasteiger partial charge in [0.1, 0.15) is 0 Å². The van der Waals surface area contributed by atoms with Crippen molar-refractivity contribution in [2.24, 2.45) is 0 Å². The molecule has 3 heteroatoms. The molecule has 0 saturated heterocycles. The molecule has 1 heterocycles. The van der Waals surface area contributed by atoms with Gasteiger partial charge in [0.2, 0.25) is 0 Å². The summed E-state index contributed by atoms with van der Waals surface area (Å²) < 4.78 is 0. The van der Waals surface area contributed by atoms with Crippen LogP contribution in [0.25, 0.3) is 10.9 Å². The van der Waals surface area contributed by atoms with Gasteiger partial charge in [0, 0.05) is 22.7 Å². The zero-order chi connectivity index (χ0) is 11.3. The van der Waals surface area contributed by atoms with E-state index in [1.54, 1.807) is 0 Å². The lowest BCUT2D eigenvalue weighted by Crippen LogP contribution is -2.38. The van der Waals surface area contributed by atoms with Gasteiger partial charge in [-0.2, -0.15) is 0 Å². The van der Waals surface area contributed by atoms with Crippen molar-refractivity contribution in [2.75, 3.05) is 7.05 Å². The molecule has 0 amide bonds. The summed E-state index contributed by atoms with van der Waals surface area (Å²) in [5.74, 6) is 0.208. The van der Waals surface area contributed by atoms with E-state index in [2.05, 4.69) is 17.2 Å². The van der Waals surface area contributed by atoms with Crippen LogP contribution in [-0.4, -0.2) is 23.9 Å². The van der Waals surface area contributed by atoms with Gasteiger partial charge in [-0.05, 0) is 31.5 Å². The number of likely N-dealkylation sites (N-methyl/N-ethyl adjacent to an activating group) is 1. The number of rotatable bonds is 1. The Morgan fingerprint density at radius 2 is 2.25 bits per heavy atom. The molecule has 1 aromatic carbocycles. The number of carbonyl (C=O) groups excluding carboxylic acids is 1. The fourth-order valence-corrected chi connectivity index (χ4v) is 2.56. The first-order valence-electron chi connectivity index (χ1n) is 5.53. The van der Waals surface area contributed by atoms with Gasteiger partial charge in [-0.3, -0.25) is 4.79 Å². The molecule has 1 aliphatic carbocycles. The van der Waals surface area contributed by atoms with E-state index in [-0.39, 0.29) is 11.8 Å². The SMILES string of the molecule is CN[C@H]1Cc2c[nH]c3c(C)ccc(c23)C1=O. The average molecular weight is 214 g/mol. The number of benzene rings is 1. The number of ketones is 1. The Hall–Kier alpha value is -1.61. The highest BCUT2D eigenvalue weighted by Gasteiger charge is 2.28. The maximum Gasteiger partial charge on any atom is 0.180 e. The van der Waals surface area contributed by atoms with E-state index in [9.17, 15) is 4.79 Å². The van der Waals surface area contributed by atoms with Crippen molar-refractivity contribution in [3.63, 3.8) is 0 Å². The molecule has 0 spiro atoms. The number of hydrogen-bond donors (Lipinski definition) is 2. The summed E-state index contributed by atoms with van der Waals surface area (Å²) in [6, 6.07) is 3.88. The summed E-state index contributed by atoms with van der Waals surface area (Å²) in [7, 11) is 1.84. The van der Waals surface area contributed by atoms with E-state index in [1.165, 1.54) is 11.1 Å². The minimum Gasteiger partial charge on any atom is -0.361 e. The highest BCUT2D eigenvalue weighted by Crippen LogP contribution is 2.31. The first kappa shape index (κ1) is 9.60. The van der Waals surface area contributed by atoms with E-state index < -0.39 is 0 Å². The number of H-pyrrole nitrogens is 1. The van der Waals surface area contributed by atoms with E-state index in [1.807, 2.05) is 25.4 Å². The van der Waals surface area contributed by atoms with Crippen molar-refractivity contribution in [3.05, 3.63) is 35.0 Å². The Bertz CT molecular complexity index is 583. The van der Waals surface area contributed by atoms with Crippen LogP contribution in [0.15, 0.2) is 18.3 Å². The Labute approximate surface area is 93.9 Å². The van der Waals surface area contributed by atoms with Gasteiger partial charge in [0.15, 0.2) is 5.78 Å². The lowest BCUT2D eigenvalue weighted by molar-refractivity contribution is 0.0945. The smallest absolute Gasteiger partial charge is 0.180 e. The highest BCUT2D eigenvalue weighted by molar-refractivity contribution is 6.13. The molecule has 3 nitrogen and oxygen atoms in total. The van der Waals surface area contributed by atoms with E-state index in [4.69, 9.17) is 0 Å². The van der Waals surface area contributed by atoms with Gasteiger partial charge in [-0.1, -0.05) is 12.1 Å². The predicted octanol–water partition coefficient (Wildman–Crippen LogP) is 1.80. The summed E-state index contributed by atoms with van der Waals surface area (Å²) >= 11 is 0. The molecule has 0 saturated carbocycles. The molecule has 16 heavy (non-hydrogen) atoms. The molecule has 2 aromatic rings. The fraction of sp³-hybridized carbons (Fsp3) is 0.308. The Kier molecular flexibility index (Phi) is 1.91. The van der Waals surface area contributed by atoms with Crippen LogP contribution < -0.4 is 5.32 Å². The van der Waals surface area contributed by atoms with Gasteiger partial charge in [-0.25, -0.2) is 0 Å². The van der Waals surface area contributed by atoms with Gasteiger partial charge in [0.25, 0.3) is 0 Å². The van der Waals surface area contributed by atoms with Crippen molar-refractivity contribution in [1.29, 1.82) is 0 Å². The molecule has 0 unspecified atom stereocenters. The fourth-order valence-electron chi connectivity index (χ4n) is 2.56. The quantitative estimate of drug-likeness (QED) is 0.760. The topological polar surface area (TPSA) is 44.9 Å². The first-order valence-corrected chi connectivity index (χ1v) is 5.53. The summed E-state index contributed by atoms with van der Waals surface area (Å²) in [4.78, 5) is 15.4. The minimum atomic E-state index is -0.0748. The van der Waals surface area contributed by atoms with Crippen molar-refractivity contribution < 1.29 is 4.79 Å². The van der Waals surface area contributed by atoms with Gasteiger partial charge in [0.05, 0.1) is 6.04 Å². The van der Waals surface area contributed by atoms with Crippen LogP contribution in [0.3, 0.4) is 0 Å². The van der Waals surface area contributed by atoms with E-state index in [0.29, 0.717) is 0 Å². The number of carbonyl (C=O) groups is 1. The van der Waals surface area contributed by atoms with E-state index in [0.717, 1.165) is 22.9 Å². The Balaban J connectivity index is 2.34. The number of aromatic amines is 1. The molecular formula is C13H14N2O. The van der Waals surface area contributed by atoms with Crippen LogP contribution >= 0.6 is 0 Å². The van der Waals surface area contributed by atoms with Crippen LogP contribution in [0.2, 0.25) is 0 Å². The zero-order valence-electron chi connectivity index (χ0n) is 9.42. The van der Waals surface area contributed by atoms with Crippen molar-refractivity contribution in [3.8, 4) is 0 Å². The second-order valence-electron chi connectivity index (χ2n) is 4.40. The zero-order valence-corrected chi connectivity index (χ0v) is 9.42. The van der Waals surface area contributed by atoms with Crippen molar-refractivity contribution in [1.82, 2.24) is 10.3 Å². The van der Waals surface area contributed by atoms with Crippen LogP contribution in [0.4, 0.5) is 0 Å². The molecule has 0 radical (unpaired) electrons. The molecule has 0 fully saturated rings. The van der Waals surface area contributed by atoms with Crippen LogP contribution in [0.1, 0.15) is 21.5 Å². The Morgan fingerprint density at radius 3 is 3.00 bits per heavy atom. The number of hydrogen-bond acceptors (Lipinski definition) is 2. The monoisotopic (exact) mass is 214 g/mol. The molecule has 2 N–H and O–H groups in total. The number of nitrogens with one attached hydrogen (secondary N) is 2. The summed E-state index contributed by atoms with van der Waals surface area (Å²) in [6.45, 7) is 2.06. The van der Waals surface area contributed by atoms with Gasteiger partial charge < -0.3 is 10.3 Å². The van der Waals surface area contributed by atoms with Gasteiger partial charge >= 0.3 is 0 Å². The molecule has 1 aliphatic rings. The number of Topliss-reactive ketones (excluding diaryl/α,β-unsaturated/α-hetero) is 1. The predicted molar refractivity (Wildman–Crippen MR) is 63.9 cm³/mol. The second kappa shape index (κ2) is 3.19. The average Bonchev–Trinajstić information content (AvgIpc) is 2.71. The normalized spacial score (nSPS) is 19.4. The van der Waals surface area contributed by atoms with Crippen LogP contribution in [0, 0.1) is 6.92 Å². The summed E-state index contributed by atoms with van der Waals surface area (Å²) in [6.07, 6.45) is 2.81. The summed E-state index contributed by atoms with van der Waals surface area (Å²) in [5, 5.41) is 4.20. The third-order valence-corrected chi connectivity index (χ3v) is 3.48. The maximum absolute atomic E-state index is 12.2. The van der Waals surface area contributed by atoms with E-state index >= 15 is 0 Å². The minimum absolute atomic E-state index is 0.0748. The molecule has 1 atom stereocenters. The maximum atomic E-state index is 12.2. The molecule has 1 aromatic heterocycles. The first-order chi connectivity index (χ1) is 7.72. The highest BCUT2D eigenvalue weighted by atomic mass is 16.1. The number of aromatic nitrogens is 1. The molecule has 0 aliphatic heterocycles. The molecular weight excluding hydrogens is 200 g/mol. The lowest BCUT2D eigenvalue weighted by atomic mass is 9.87. The van der Waals surface area contributed by atoms with Crippen LogP contribution in [0.5, 0.6) is 0 Å². The van der Waals surface area contributed by atoms with Crippen molar-refractivity contribution in [2.45, 2.75) is 19.4 Å². The van der Waals surface area contributed by atoms with Gasteiger partial charge in [-0.15, -0.1) is 0 Å². The second-order valence-corrected chi connectivity index (χ2v) is 4.40. The number of aryl methyl sites for hydroxylation is 1. The third kappa shape index (κ3) is 1.09. The Morgan fingerprint density at radius 1 is 1.44 bits per heavy atom. The van der Waals surface area contributed by atoms with Crippen LogP contribution in [-0.2, 0) is 6.42 Å². The molecule has 0 bridgehead atoms. The van der Waals surface area contributed by atoms with Crippen molar-refractivity contribution >= 4 is 16.7 Å². The summed E-state index contributed by atoms with van der Waals surface area (Å²) in [5.41, 5.74) is 4.39. The lowest BCUT2D eigenvalue weighted by Gasteiger charge is -2.21. The molecule has 3 rings (SSSR count). The molecule has 82 valence electrons.